The summed E-state index contributed by atoms with van der Waals surface area (Å²) in [6.45, 7) is 4.55. The molecule has 2 unspecified atom stereocenters. The van der Waals surface area contributed by atoms with Crippen LogP contribution >= 0.6 is 0 Å². The topological polar surface area (TPSA) is 77.2 Å². The third-order valence-electron chi connectivity index (χ3n) is 3.52. The van der Waals surface area contributed by atoms with Gasteiger partial charge in [-0.25, -0.2) is 0 Å². The van der Waals surface area contributed by atoms with Crippen molar-refractivity contribution in [3.8, 4) is 0 Å². The smallest absolute Gasteiger partial charge is 0.230 e. The zero-order valence-electron chi connectivity index (χ0n) is 10.7. The molecule has 0 radical (unpaired) electrons. The monoisotopic (exact) mass is 249 g/mol. The predicted molar refractivity (Wildman–Crippen MR) is 67.7 cm³/mol. The quantitative estimate of drug-likeness (QED) is 0.823. The van der Waals surface area contributed by atoms with Crippen LogP contribution in [0.1, 0.15) is 25.6 Å². The van der Waals surface area contributed by atoms with E-state index >= 15 is 0 Å². The average Bonchev–Trinajstić information content (AvgIpc) is 2.72. The summed E-state index contributed by atoms with van der Waals surface area (Å²) in [5.41, 5.74) is 6.11. The van der Waals surface area contributed by atoms with Gasteiger partial charge in [0.05, 0.1) is 30.4 Å². The lowest BCUT2D eigenvalue weighted by molar-refractivity contribution is -0.131. The van der Waals surface area contributed by atoms with E-state index < -0.39 is 5.41 Å². The van der Waals surface area contributed by atoms with Crippen molar-refractivity contribution in [1.82, 2.24) is 10.3 Å². The van der Waals surface area contributed by atoms with Gasteiger partial charge in [0.25, 0.3) is 0 Å². The first-order chi connectivity index (χ1) is 8.54. The molecule has 0 spiro atoms. The molecule has 2 heterocycles. The van der Waals surface area contributed by atoms with Crippen LogP contribution < -0.4 is 11.1 Å². The Morgan fingerprint density at radius 1 is 1.67 bits per heavy atom. The van der Waals surface area contributed by atoms with Gasteiger partial charge in [-0.3, -0.25) is 9.78 Å². The number of carbonyl (C=O) groups excluding carboxylic acids is 1. The largest absolute Gasteiger partial charge is 0.379 e. The molecule has 3 atom stereocenters. The molecule has 1 aliphatic heterocycles. The van der Waals surface area contributed by atoms with Gasteiger partial charge in [-0.1, -0.05) is 6.07 Å². The van der Waals surface area contributed by atoms with Crippen molar-refractivity contribution in [3.63, 3.8) is 0 Å². The highest BCUT2D eigenvalue weighted by molar-refractivity contribution is 5.83. The Bertz CT molecular complexity index is 424. The van der Waals surface area contributed by atoms with E-state index in [1.807, 2.05) is 32.0 Å². The molecule has 1 saturated heterocycles. The number of ether oxygens (including phenoxy) is 1. The highest BCUT2D eigenvalue weighted by atomic mass is 16.5. The van der Waals surface area contributed by atoms with Gasteiger partial charge in [0.1, 0.15) is 0 Å². The lowest BCUT2D eigenvalue weighted by atomic mass is 9.84. The normalized spacial score (nSPS) is 28.9. The fourth-order valence-corrected chi connectivity index (χ4v) is 1.99. The lowest BCUT2D eigenvalue weighted by Gasteiger charge is -2.27. The van der Waals surface area contributed by atoms with Crippen LogP contribution in [0.4, 0.5) is 0 Å². The first-order valence-corrected chi connectivity index (χ1v) is 6.09. The van der Waals surface area contributed by atoms with Crippen molar-refractivity contribution in [3.05, 3.63) is 30.1 Å². The minimum atomic E-state index is -0.650. The van der Waals surface area contributed by atoms with Gasteiger partial charge in [-0.15, -0.1) is 0 Å². The van der Waals surface area contributed by atoms with E-state index in [1.165, 1.54) is 0 Å². The number of aromatic nitrogens is 1. The Morgan fingerprint density at radius 2 is 2.44 bits per heavy atom. The highest BCUT2D eigenvalue weighted by Crippen LogP contribution is 2.28. The van der Waals surface area contributed by atoms with Gasteiger partial charge in [-0.2, -0.15) is 0 Å². The Labute approximate surface area is 107 Å². The molecule has 0 aliphatic carbocycles. The maximum atomic E-state index is 12.3. The minimum Gasteiger partial charge on any atom is -0.379 e. The van der Waals surface area contributed by atoms with E-state index in [0.29, 0.717) is 13.2 Å². The van der Waals surface area contributed by atoms with Crippen molar-refractivity contribution in [2.24, 2.45) is 11.1 Å². The molecule has 18 heavy (non-hydrogen) atoms. The maximum Gasteiger partial charge on any atom is 0.230 e. The van der Waals surface area contributed by atoms with Crippen molar-refractivity contribution in [1.29, 1.82) is 0 Å². The van der Waals surface area contributed by atoms with Crippen LogP contribution in [-0.2, 0) is 9.53 Å². The molecule has 3 N–H and O–H groups in total. The molecule has 5 heteroatoms. The zero-order valence-corrected chi connectivity index (χ0v) is 10.7. The Morgan fingerprint density at radius 3 is 3.00 bits per heavy atom. The molecule has 1 aromatic heterocycles. The average molecular weight is 249 g/mol. The van der Waals surface area contributed by atoms with Crippen LogP contribution in [-0.4, -0.2) is 30.1 Å². The number of nitrogens with zero attached hydrogens (tertiary/aromatic N) is 1. The molecule has 1 aliphatic rings. The summed E-state index contributed by atoms with van der Waals surface area (Å²) < 4.78 is 5.28. The number of nitrogens with one attached hydrogen (secondary N) is 1. The molecule has 1 fully saturated rings. The molecule has 5 nitrogen and oxygen atoms in total. The summed E-state index contributed by atoms with van der Waals surface area (Å²) in [4.78, 5) is 16.5. The van der Waals surface area contributed by atoms with E-state index in [4.69, 9.17) is 10.5 Å². The van der Waals surface area contributed by atoms with E-state index in [-0.39, 0.29) is 18.0 Å². The number of pyridine rings is 1. The van der Waals surface area contributed by atoms with Crippen molar-refractivity contribution >= 4 is 5.91 Å². The molecule has 2 rings (SSSR count). The van der Waals surface area contributed by atoms with Gasteiger partial charge in [0.15, 0.2) is 0 Å². The van der Waals surface area contributed by atoms with Gasteiger partial charge < -0.3 is 15.8 Å². The maximum absolute atomic E-state index is 12.3. The van der Waals surface area contributed by atoms with Gasteiger partial charge in [0.2, 0.25) is 5.91 Å². The fourth-order valence-electron chi connectivity index (χ4n) is 1.99. The van der Waals surface area contributed by atoms with Crippen LogP contribution in [0.15, 0.2) is 24.4 Å². The summed E-state index contributed by atoms with van der Waals surface area (Å²) in [5.74, 6) is -0.0781. The van der Waals surface area contributed by atoms with Crippen molar-refractivity contribution < 1.29 is 9.53 Å². The molecule has 1 amide bonds. The van der Waals surface area contributed by atoms with E-state index in [0.717, 1.165) is 5.69 Å². The van der Waals surface area contributed by atoms with Crippen molar-refractivity contribution in [2.75, 3.05) is 13.2 Å². The van der Waals surface area contributed by atoms with Gasteiger partial charge in [-0.05, 0) is 26.0 Å². The Balaban J connectivity index is 2.04. The van der Waals surface area contributed by atoms with E-state index in [1.54, 1.807) is 6.20 Å². The number of carbonyl (C=O) groups is 1. The molecule has 98 valence electrons. The minimum absolute atomic E-state index is 0.0781. The SMILES string of the molecule is C[C@H](NC(=O)C1(C)COCC1N)c1ccccn1. The van der Waals surface area contributed by atoms with Crippen LogP contribution in [0.25, 0.3) is 0 Å². The lowest BCUT2D eigenvalue weighted by Crippen LogP contribution is -2.50. The molecule has 1 aromatic rings. The summed E-state index contributed by atoms with van der Waals surface area (Å²) in [6, 6.07) is 5.24. The molecular formula is C13H19N3O2. The van der Waals surface area contributed by atoms with Gasteiger partial charge >= 0.3 is 0 Å². The third kappa shape index (κ3) is 2.37. The van der Waals surface area contributed by atoms with Crippen LogP contribution in [0.3, 0.4) is 0 Å². The van der Waals surface area contributed by atoms with Crippen molar-refractivity contribution in [2.45, 2.75) is 25.9 Å². The molecular weight excluding hydrogens is 230 g/mol. The predicted octanol–water partition coefficient (Wildman–Crippen LogP) is 0.623. The molecule has 0 saturated carbocycles. The number of amides is 1. The number of hydrogen-bond acceptors (Lipinski definition) is 4. The van der Waals surface area contributed by atoms with Crippen LogP contribution in [0.2, 0.25) is 0 Å². The third-order valence-corrected chi connectivity index (χ3v) is 3.52. The summed E-state index contributed by atoms with van der Waals surface area (Å²) in [5, 5.41) is 2.95. The summed E-state index contributed by atoms with van der Waals surface area (Å²) in [6.07, 6.45) is 1.71. The van der Waals surface area contributed by atoms with Crippen LogP contribution in [0, 0.1) is 5.41 Å². The summed E-state index contributed by atoms with van der Waals surface area (Å²) in [7, 11) is 0. The Kier molecular flexibility index (Phi) is 3.63. The Hall–Kier alpha value is -1.46. The van der Waals surface area contributed by atoms with E-state index in [2.05, 4.69) is 10.3 Å². The number of hydrogen-bond donors (Lipinski definition) is 2. The standard InChI is InChI=1S/C13H19N3O2/c1-9(10-5-3-4-6-15-10)16-12(17)13(2)8-18-7-11(13)14/h3-6,9,11H,7-8,14H2,1-2H3,(H,16,17)/t9-,11?,13?/m0/s1. The molecule has 0 aromatic carbocycles. The molecule has 0 bridgehead atoms. The fraction of sp³-hybridized carbons (Fsp3) is 0.538. The number of rotatable bonds is 3. The second kappa shape index (κ2) is 5.04. The zero-order chi connectivity index (χ0) is 13.2. The first kappa shape index (κ1) is 13.0. The highest BCUT2D eigenvalue weighted by Gasteiger charge is 2.44. The summed E-state index contributed by atoms with van der Waals surface area (Å²) >= 11 is 0. The first-order valence-electron chi connectivity index (χ1n) is 6.09. The van der Waals surface area contributed by atoms with Crippen LogP contribution in [0.5, 0.6) is 0 Å². The number of nitrogens with two attached hydrogens (primary N) is 1. The van der Waals surface area contributed by atoms with E-state index in [9.17, 15) is 4.79 Å². The second-order valence-corrected chi connectivity index (χ2v) is 4.99. The van der Waals surface area contributed by atoms with Gasteiger partial charge in [0, 0.05) is 12.2 Å². The second-order valence-electron chi connectivity index (χ2n) is 4.99.